The maximum absolute atomic E-state index is 9.06. The highest BCUT2D eigenvalue weighted by Crippen LogP contribution is 2.54. The molecular weight excluding hydrogens is 207 g/mol. The maximum Gasteiger partial charge on any atom is 0.121 e. The highest BCUT2D eigenvalue weighted by molar-refractivity contribution is 6.50. The van der Waals surface area contributed by atoms with Crippen molar-refractivity contribution in [2.45, 2.75) is 17.2 Å². The zero-order chi connectivity index (χ0) is 9.47. The molecule has 0 saturated heterocycles. The molecule has 1 aliphatic rings. The molecule has 70 valence electrons. The second kappa shape index (κ2) is 3.07. The molecule has 0 bridgehead atoms. The molecule has 1 saturated carbocycles. The Labute approximate surface area is 87.3 Å². The van der Waals surface area contributed by atoms with Crippen LogP contribution in [0.25, 0.3) is 0 Å². The van der Waals surface area contributed by atoms with Crippen LogP contribution in [0.5, 0.6) is 5.75 Å². The highest BCUT2D eigenvalue weighted by Gasteiger charge is 2.50. The summed E-state index contributed by atoms with van der Waals surface area (Å²) in [7, 11) is 0. The third-order valence-electron chi connectivity index (χ3n) is 2.37. The highest BCUT2D eigenvalue weighted by atomic mass is 35.5. The lowest BCUT2D eigenvalue weighted by Gasteiger charge is -2.00. The Bertz CT molecular complexity index is 305. The summed E-state index contributed by atoms with van der Waals surface area (Å²) in [6, 6.07) is 7.17. The standard InChI is InChI=1S/C10H10Cl2O/c11-10(12)6-8(10)5-7-1-3-9(13)4-2-7/h1-4,8,13H,5-6H2. The van der Waals surface area contributed by atoms with Crippen molar-refractivity contribution in [2.24, 2.45) is 5.92 Å². The predicted octanol–water partition coefficient (Wildman–Crippen LogP) is 3.13. The van der Waals surface area contributed by atoms with Gasteiger partial charge in [-0.1, -0.05) is 12.1 Å². The molecule has 0 amide bonds. The number of alkyl halides is 2. The van der Waals surface area contributed by atoms with Gasteiger partial charge in [-0.25, -0.2) is 0 Å². The van der Waals surface area contributed by atoms with Gasteiger partial charge in [0.15, 0.2) is 0 Å². The van der Waals surface area contributed by atoms with Crippen LogP contribution in [0.1, 0.15) is 12.0 Å². The van der Waals surface area contributed by atoms with E-state index in [1.54, 1.807) is 12.1 Å². The summed E-state index contributed by atoms with van der Waals surface area (Å²) in [4.78, 5) is 0. The molecule has 0 heterocycles. The maximum atomic E-state index is 9.06. The number of phenolic OH excluding ortho intramolecular Hbond substituents is 1. The van der Waals surface area contributed by atoms with Crippen LogP contribution in [0.3, 0.4) is 0 Å². The van der Waals surface area contributed by atoms with Crippen molar-refractivity contribution in [1.82, 2.24) is 0 Å². The van der Waals surface area contributed by atoms with Crippen LogP contribution >= 0.6 is 23.2 Å². The van der Waals surface area contributed by atoms with Crippen LogP contribution in [-0.4, -0.2) is 9.44 Å². The fourth-order valence-electron chi connectivity index (χ4n) is 1.41. The van der Waals surface area contributed by atoms with Crippen LogP contribution in [0.4, 0.5) is 0 Å². The van der Waals surface area contributed by atoms with E-state index in [9.17, 15) is 0 Å². The smallest absolute Gasteiger partial charge is 0.121 e. The lowest BCUT2D eigenvalue weighted by Crippen LogP contribution is -1.94. The number of halogens is 2. The van der Waals surface area contributed by atoms with Gasteiger partial charge in [0.25, 0.3) is 0 Å². The van der Waals surface area contributed by atoms with Gasteiger partial charge >= 0.3 is 0 Å². The number of rotatable bonds is 2. The molecule has 0 aliphatic heterocycles. The third kappa shape index (κ3) is 2.09. The van der Waals surface area contributed by atoms with Gasteiger partial charge in [0, 0.05) is 0 Å². The van der Waals surface area contributed by atoms with Crippen molar-refractivity contribution in [3.8, 4) is 5.75 Å². The molecule has 2 rings (SSSR count). The van der Waals surface area contributed by atoms with Crippen molar-refractivity contribution in [3.63, 3.8) is 0 Å². The second-order valence-electron chi connectivity index (χ2n) is 3.53. The molecule has 0 spiro atoms. The molecule has 1 aromatic rings. The molecule has 1 aromatic carbocycles. The van der Waals surface area contributed by atoms with Gasteiger partial charge in [-0.05, 0) is 36.5 Å². The number of aromatic hydroxyl groups is 1. The molecule has 1 N–H and O–H groups in total. The first-order chi connectivity index (χ1) is 6.08. The SMILES string of the molecule is Oc1ccc(CC2CC2(Cl)Cl)cc1. The van der Waals surface area contributed by atoms with E-state index in [0.717, 1.165) is 12.8 Å². The van der Waals surface area contributed by atoms with Crippen LogP contribution in [-0.2, 0) is 6.42 Å². The van der Waals surface area contributed by atoms with E-state index in [-0.39, 0.29) is 0 Å². The first-order valence-corrected chi connectivity index (χ1v) is 4.99. The molecule has 0 radical (unpaired) electrons. The quantitative estimate of drug-likeness (QED) is 0.754. The fourth-order valence-corrected chi connectivity index (χ4v) is 1.93. The van der Waals surface area contributed by atoms with E-state index in [2.05, 4.69) is 0 Å². The van der Waals surface area contributed by atoms with Crippen molar-refractivity contribution in [3.05, 3.63) is 29.8 Å². The van der Waals surface area contributed by atoms with Gasteiger partial charge in [0.2, 0.25) is 0 Å². The molecule has 3 heteroatoms. The predicted molar refractivity (Wildman–Crippen MR) is 54.4 cm³/mol. The Morgan fingerprint density at radius 1 is 1.31 bits per heavy atom. The van der Waals surface area contributed by atoms with Gasteiger partial charge in [-0.3, -0.25) is 0 Å². The van der Waals surface area contributed by atoms with Gasteiger partial charge < -0.3 is 5.11 Å². The Morgan fingerprint density at radius 2 is 1.85 bits per heavy atom. The minimum Gasteiger partial charge on any atom is -0.508 e. The van der Waals surface area contributed by atoms with E-state index in [0.29, 0.717) is 11.7 Å². The molecule has 1 fully saturated rings. The first kappa shape index (κ1) is 9.17. The largest absolute Gasteiger partial charge is 0.508 e. The lowest BCUT2D eigenvalue weighted by molar-refractivity contribution is 0.475. The van der Waals surface area contributed by atoms with E-state index >= 15 is 0 Å². The molecule has 13 heavy (non-hydrogen) atoms. The van der Waals surface area contributed by atoms with Crippen LogP contribution in [0.2, 0.25) is 0 Å². The number of benzene rings is 1. The van der Waals surface area contributed by atoms with E-state index < -0.39 is 4.33 Å². The zero-order valence-corrected chi connectivity index (χ0v) is 8.52. The van der Waals surface area contributed by atoms with E-state index in [1.807, 2.05) is 12.1 Å². The minimum atomic E-state index is -0.502. The van der Waals surface area contributed by atoms with Crippen molar-refractivity contribution < 1.29 is 5.11 Å². The van der Waals surface area contributed by atoms with Crippen molar-refractivity contribution in [2.75, 3.05) is 0 Å². The monoisotopic (exact) mass is 216 g/mol. The van der Waals surface area contributed by atoms with Gasteiger partial charge in [-0.15, -0.1) is 23.2 Å². The summed E-state index contributed by atoms with van der Waals surface area (Å²) in [6.07, 6.45) is 1.77. The minimum absolute atomic E-state index is 0.294. The van der Waals surface area contributed by atoms with Crippen molar-refractivity contribution in [1.29, 1.82) is 0 Å². The van der Waals surface area contributed by atoms with Crippen LogP contribution < -0.4 is 0 Å². The molecule has 0 aromatic heterocycles. The normalized spacial score (nSPS) is 24.3. The Hall–Kier alpha value is -0.400. The van der Waals surface area contributed by atoms with Gasteiger partial charge in [0.05, 0.1) is 0 Å². The summed E-state index contributed by atoms with van der Waals surface area (Å²) in [5.41, 5.74) is 1.17. The molecule has 1 unspecified atom stereocenters. The fraction of sp³-hybridized carbons (Fsp3) is 0.400. The number of phenols is 1. The molecule has 1 atom stereocenters. The summed E-state index contributed by atoms with van der Waals surface area (Å²) < 4.78 is -0.502. The van der Waals surface area contributed by atoms with Gasteiger partial charge in [0.1, 0.15) is 10.1 Å². The van der Waals surface area contributed by atoms with Gasteiger partial charge in [-0.2, -0.15) is 0 Å². The molecular formula is C10H10Cl2O. The third-order valence-corrected chi connectivity index (χ3v) is 3.30. The van der Waals surface area contributed by atoms with Crippen molar-refractivity contribution >= 4 is 23.2 Å². The zero-order valence-electron chi connectivity index (χ0n) is 7.00. The molecule has 1 nitrogen and oxygen atoms in total. The summed E-state index contributed by atoms with van der Waals surface area (Å²) in [5, 5.41) is 9.06. The number of hydrogen-bond donors (Lipinski definition) is 1. The Kier molecular flexibility index (Phi) is 2.17. The van der Waals surface area contributed by atoms with Crippen LogP contribution in [0.15, 0.2) is 24.3 Å². The number of hydrogen-bond acceptors (Lipinski definition) is 1. The Morgan fingerprint density at radius 3 is 2.31 bits per heavy atom. The second-order valence-corrected chi connectivity index (χ2v) is 5.08. The van der Waals surface area contributed by atoms with Crippen LogP contribution in [0, 0.1) is 5.92 Å². The Balaban J connectivity index is 2.00. The van der Waals surface area contributed by atoms with E-state index in [1.165, 1.54) is 5.56 Å². The lowest BCUT2D eigenvalue weighted by atomic mass is 10.1. The topological polar surface area (TPSA) is 20.2 Å². The summed E-state index contributed by atoms with van der Waals surface area (Å²) >= 11 is 11.8. The summed E-state index contributed by atoms with van der Waals surface area (Å²) in [6.45, 7) is 0. The van der Waals surface area contributed by atoms with E-state index in [4.69, 9.17) is 28.3 Å². The average Bonchev–Trinajstić information content (AvgIpc) is 2.64. The first-order valence-electron chi connectivity index (χ1n) is 4.24. The summed E-state index contributed by atoms with van der Waals surface area (Å²) in [5.74, 6) is 0.669. The average molecular weight is 217 g/mol. The molecule has 1 aliphatic carbocycles.